The zero-order chi connectivity index (χ0) is 24.2. The highest BCUT2D eigenvalue weighted by Crippen LogP contribution is 2.36. The van der Waals surface area contributed by atoms with Gasteiger partial charge in [0, 0.05) is 58.7 Å². The van der Waals surface area contributed by atoms with Gasteiger partial charge in [0.2, 0.25) is 5.82 Å². The number of benzene rings is 2. The molecule has 0 atom stereocenters. The number of carbonyl (C=O) groups is 1. The Kier molecular flexibility index (Phi) is 7.50. The number of halogens is 3. The number of para-hydroxylation sites is 1. The summed E-state index contributed by atoms with van der Waals surface area (Å²) >= 11 is 1.10. The van der Waals surface area contributed by atoms with Gasteiger partial charge in [-0.15, -0.1) is 10.2 Å². The molecule has 176 valence electrons. The van der Waals surface area contributed by atoms with Gasteiger partial charge in [0.15, 0.2) is 0 Å². The molecule has 11 heteroatoms. The van der Waals surface area contributed by atoms with E-state index in [1.165, 1.54) is 21.8 Å². The summed E-state index contributed by atoms with van der Waals surface area (Å²) in [7, 11) is 1.64. The molecule has 0 saturated heterocycles. The number of ether oxygens (including phenoxy) is 1. The van der Waals surface area contributed by atoms with E-state index in [9.17, 15) is 13.6 Å². The van der Waals surface area contributed by atoms with E-state index >= 15 is 0 Å². The Morgan fingerprint density at radius 3 is 2.45 bits per heavy atom. The number of hydrogen-bond donors (Lipinski definition) is 1. The van der Waals surface area contributed by atoms with Crippen LogP contribution in [0.25, 0.3) is 11.4 Å². The summed E-state index contributed by atoms with van der Waals surface area (Å²) < 4.78 is 29.3. The van der Waals surface area contributed by atoms with Crippen molar-refractivity contribution < 1.29 is 18.3 Å². The predicted molar refractivity (Wildman–Crippen MR) is 130 cm³/mol. The van der Waals surface area contributed by atoms with E-state index < -0.39 is 15.6 Å². The first-order valence-electron chi connectivity index (χ1n) is 10.2. The molecule has 0 aliphatic rings. The van der Waals surface area contributed by atoms with Gasteiger partial charge in [-0.2, -0.15) is 13.6 Å². The van der Waals surface area contributed by atoms with Crippen LogP contribution in [0.4, 0.5) is 25.0 Å². The molecule has 0 bridgehead atoms. The molecular formula is C22H25F2IN6O2. The number of anilines is 2. The number of carbonyl (C=O) groups excluding carboxylic acids is 1. The van der Waals surface area contributed by atoms with Crippen molar-refractivity contribution in [2.45, 2.75) is 36.8 Å². The van der Waals surface area contributed by atoms with Gasteiger partial charge in [-0.25, -0.2) is 4.79 Å². The Morgan fingerprint density at radius 2 is 1.82 bits per heavy atom. The standard InChI is InChI=1S/C22H25F2IN6O2/c1-21(2,3)33-20(32)30(4)13-14-31-28-19(27-29-31)17-7-5-6-8-18(17)26-16-11-9-15(10-12-16)22(23,24)25/h5-12,26H,13-14H2,1-4H3. The number of hydrogen-bond acceptors (Lipinski definition) is 6. The lowest BCUT2D eigenvalue weighted by Crippen LogP contribution is -2.36. The van der Waals surface area contributed by atoms with E-state index in [4.69, 9.17) is 4.74 Å². The van der Waals surface area contributed by atoms with Crippen LogP contribution < -0.4 is 5.32 Å². The first kappa shape index (κ1) is 24.8. The summed E-state index contributed by atoms with van der Waals surface area (Å²) in [6.07, 6.45) is -0.427. The smallest absolute Gasteiger partial charge is 0.410 e. The molecule has 1 N–H and O–H groups in total. The topological polar surface area (TPSA) is 85.2 Å². The summed E-state index contributed by atoms with van der Waals surface area (Å²) in [4.78, 5) is 14.9. The second-order valence-corrected chi connectivity index (χ2v) is 9.71. The Bertz CT molecular complexity index is 1090. The number of alkyl halides is 3. The molecule has 0 aliphatic heterocycles. The Balaban J connectivity index is 1.69. The minimum Gasteiger partial charge on any atom is -0.444 e. The van der Waals surface area contributed by atoms with Gasteiger partial charge in [-0.1, -0.05) is 24.3 Å². The van der Waals surface area contributed by atoms with Crippen LogP contribution in [0.15, 0.2) is 48.5 Å². The van der Waals surface area contributed by atoms with E-state index in [0.29, 0.717) is 35.9 Å². The van der Waals surface area contributed by atoms with Gasteiger partial charge < -0.3 is 15.0 Å². The van der Waals surface area contributed by atoms with Crippen LogP contribution in [0.5, 0.6) is 0 Å². The van der Waals surface area contributed by atoms with Gasteiger partial charge >= 0.3 is 10.0 Å². The predicted octanol–water partition coefficient (Wildman–Crippen LogP) is 5.43. The van der Waals surface area contributed by atoms with Crippen LogP contribution in [0.3, 0.4) is 0 Å². The lowest BCUT2D eigenvalue weighted by Gasteiger charge is -2.24. The van der Waals surface area contributed by atoms with Crippen molar-refractivity contribution in [3.05, 3.63) is 54.1 Å². The fourth-order valence-corrected chi connectivity index (χ4v) is 3.16. The third kappa shape index (κ3) is 7.07. The maximum atomic E-state index is 13.4. The van der Waals surface area contributed by atoms with Crippen molar-refractivity contribution in [1.82, 2.24) is 25.1 Å². The quantitative estimate of drug-likeness (QED) is 0.301. The third-order valence-corrected chi connectivity index (χ3v) is 5.08. The van der Waals surface area contributed by atoms with Gasteiger partial charge in [0.25, 0.3) is 0 Å². The van der Waals surface area contributed by atoms with Crippen LogP contribution in [-0.2, 0) is 15.2 Å². The maximum absolute atomic E-state index is 13.4. The highest BCUT2D eigenvalue weighted by molar-refractivity contribution is 14.1. The van der Waals surface area contributed by atoms with Crippen molar-refractivity contribution in [3.8, 4) is 11.4 Å². The van der Waals surface area contributed by atoms with E-state index in [0.717, 1.165) is 22.6 Å². The number of nitrogens with one attached hydrogen (secondary N) is 1. The largest absolute Gasteiger partial charge is 0.444 e. The average molecular weight is 570 g/mol. The van der Waals surface area contributed by atoms with Crippen molar-refractivity contribution in [2.75, 3.05) is 18.9 Å². The molecule has 8 nitrogen and oxygen atoms in total. The van der Waals surface area contributed by atoms with E-state index in [-0.39, 0.29) is 5.56 Å². The molecule has 1 heterocycles. The number of rotatable bonds is 7. The number of tetrazole rings is 1. The van der Waals surface area contributed by atoms with Crippen molar-refractivity contribution in [1.29, 1.82) is 0 Å². The average Bonchev–Trinajstić information content (AvgIpc) is 3.20. The zero-order valence-corrected chi connectivity index (χ0v) is 20.9. The second kappa shape index (κ2) is 9.98. The number of aromatic nitrogens is 4. The molecule has 3 rings (SSSR count). The molecule has 0 saturated carbocycles. The molecule has 2 aromatic carbocycles. The van der Waals surface area contributed by atoms with Gasteiger partial charge in [-0.3, -0.25) is 0 Å². The van der Waals surface area contributed by atoms with Gasteiger partial charge in [0.1, 0.15) is 5.60 Å². The minimum absolute atomic E-state index is 0.0668. The molecule has 33 heavy (non-hydrogen) atoms. The fraction of sp³-hybridized carbons (Fsp3) is 0.364. The van der Waals surface area contributed by atoms with E-state index in [1.807, 2.05) is 45.0 Å². The van der Waals surface area contributed by atoms with Crippen LogP contribution in [0, 0.1) is 0 Å². The number of amides is 1. The van der Waals surface area contributed by atoms with Gasteiger partial charge in [0.05, 0.1) is 6.54 Å². The second-order valence-electron chi connectivity index (χ2n) is 8.36. The lowest BCUT2D eigenvalue weighted by molar-refractivity contribution is 0.0290. The van der Waals surface area contributed by atoms with E-state index in [1.54, 1.807) is 19.2 Å². The van der Waals surface area contributed by atoms with Crippen LogP contribution >= 0.6 is 22.6 Å². The molecule has 0 unspecified atom stereocenters. The Labute approximate surface area is 204 Å². The minimum atomic E-state index is -2.92. The SMILES string of the molecule is CN(CCn1nnc(-c2ccccc2Nc2ccc(C(F)(F)I)cc2)n1)C(=O)OC(C)(C)C. The molecule has 0 fully saturated rings. The highest BCUT2D eigenvalue weighted by atomic mass is 127. The van der Waals surface area contributed by atoms with Crippen LogP contribution in [0.2, 0.25) is 0 Å². The Hall–Kier alpha value is -2.83. The van der Waals surface area contributed by atoms with Gasteiger partial charge in [-0.05, 0) is 50.3 Å². The molecule has 0 spiro atoms. The molecular weight excluding hydrogens is 545 g/mol. The molecule has 0 radical (unpaired) electrons. The first-order valence-corrected chi connectivity index (χ1v) is 11.3. The van der Waals surface area contributed by atoms with Crippen molar-refractivity contribution >= 4 is 40.1 Å². The highest BCUT2D eigenvalue weighted by Gasteiger charge is 2.26. The molecule has 0 aliphatic carbocycles. The molecule has 3 aromatic rings. The summed E-state index contributed by atoms with van der Waals surface area (Å²) in [6.45, 7) is 6.11. The van der Waals surface area contributed by atoms with Crippen LogP contribution in [-0.4, -0.2) is 50.4 Å². The molecule has 1 amide bonds. The first-order chi connectivity index (χ1) is 15.4. The van der Waals surface area contributed by atoms with E-state index in [2.05, 4.69) is 20.7 Å². The zero-order valence-electron chi connectivity index (χ0n) is 18.7. The number of nitrogens with zero attached hydrogens (tertiary/aromatic N) is 5. The maximum Gasteiger partial charge on any atom is 0.410 e. The monoisotopic (exact) mass is 570 g/mol. The summed E-state index contributed by atoms with van der Waals surface area (Å²) in [5, 5.41) is 15.8. The third-order valence-electron chi connectivity index (χ3n) is 4.45. The summed E-state index contributed by atoms with van der Waals surface area (Å²) in [5.41, 5.74) is 1.42. The normalized spacial score (nSPS) is 11.8. The lowest BCUT2D eigenvalue weighted by atomic mass is 10.1. The number of likely N-dealkylation sites (N-methyl/N-ethyl adjacent to an activating group) is 1. The Morgan fingerprint density at radius 1 is 1.15 bits per heavy atom. The molecule has 1 aromatic heterocycles. The van der Waals surface area contributed by atoms with Crippen molar-refractivity contribution in [3.63, 3.8) is 0 Å². The van der Waals surface area contributed by atoms with Crippen molar-refractivity contribution in [2.24, 2.45) is 0 Å². The fourth-order valence-electron chi connectivity index (χ4n) is 2.80. The summed E-state index contributed by atoms with van der Waals surface area (Å²) in [6, 6.07) is 13.3. The van der Waals surface area contributed by atoms with Crippen LogP contribution in [0.1, 0.15) is 26.3 Å². The summed E-state index contributed by atoms with van der Waals surface area (Å²) in [5.74, 6) is 0.397.